The lowest BCUT2D eigenvalue weighted by Gasteiger charge is -2.12. The van der Waals surface area contributed by atoms with Crippen LogP contribution in [-0.4, -0.2) is 16.1 Å². The van der Waals surface area contributed by atoms with Crippen LogP contribution in [0.15, 0.2) is 0 Å². The molecule has 0 saturated heterocycles. The van der Waals surface area contributed by atoms with Crippen molar-refractivity contribution < 1.29 is 0 Å². The molecule has 0 aromatic rings. The van der Waals surface area contributed by atoms with E-state index in [0.717, 1.165) is 0 Å². The lowest BCUT2D eigenvalue weighted by Crippen LogP contribution is -2.25. The van der Waals surface area contributed by atoms with Gasteiger partial charge in [0.15, 0.2) is 0 Å². The van der Waals surface area contributed by atoms with E-state index in [2.05, 4.69) is 50.7 Å². The molecule has 0 aliphatic rings. The molecule has 0 heterocycles. The van der Waals surface area contributed by atoms with Crippen molar-refractivity contribution in [2.24, 2.45) is 0 Å². The van der Waals surface area contributed by atoms with Gasteiger partial charge >= 0.3 is 0 Å². The van der Waals surface area contributed by atoms with E-state index in [-0.39, 0.29) is 0 Å². The fourth-order valence-electron chi connectivity index (χ4n) is 0.445. The lowest BCUT2D eigenvalue weighted by atomic mass is 11.0. The van der Waals surface area contributed by atoms with Crippen molar-refractivity contribution in [3.8, 4) is 11.1 Å². The monoisotopic (exact) mass is 184 g/mol. The minimum atomic E-state index is -1.11. The first-order chi connectivity index (χ1) is 4.77. The van der Waals surface area contributed by atoms with Crippen molar-refractivity contribution in [2.75, 3.05) is 0 Å². The average molecular weight is 184 g/mol. The molecule has 0 bridgehead atoms. The van der Waals surface area contributed by atoms with Gasteiger partial charge in [-0.25, -0.2) is 0 Å². The van der Waals surface area contributed by atoms with Crippen LogP contribution < -0.4 is 0 Å². The predicted molar refractivity (Wildman–Crippen MR) is 59.1 cm³/mol. The van der Waals surface area contributed by atoms with Crippen LogP contribution in [-0.2, 0) is 0 Å². The molecular formula is C9H20Si2. The van der Waals surface area contributed by atoms with E-state index in [0.29, 0.717) is 0 Å². The van der Waals surface area contributed by atoms with Crippen LogP contribution in [0.25, 0.3) is 0 Å². The van der Waals surface area contributed by atoms with Gasteiger partial charge in [-0.1, -0.05) is 39.7 Å². The molecule has 0 rings (SSSR count). The summed E-state index contributed by atoms with van der Waals surface area (Å²) < 4.78 is 0. The third kappa shape index (κ3) is 6.39. The Morgan fingerprint density at radius 3 is 1.64 bits per heavy atom. The SMILES string of the molecule is CC[Si](C)(C)C#C[Si](C)(C)C. The summed E-state index contributed by atoms with van der Waals surface area (Å²) in [6.45, 7) is 13.9. The Bertz CT molecular complexity index is 176. The van der Waals surface area contributed by atoms with E-state index in [9.17, 15) is 0 Å². The zero-order valence-corrected chi connectivity index (χ0v) is 10.7. The minimum absolute atomic E-state index is 1.11. The first-order valence-corrected chi connectivity index (χ1v) is 11.0. The molecule has 0 nitrogen and oxygen atoms in total. The first kappa shape index (κ1) is 11.0. The van der Waals surface area contributed by atoms with Crippen LogP contribution >= 0.6 is 0 Å². The van der Waals surface area contributed by atoms with Gasteiger partial charge in [-0.3, -0.25) is 0 Å². The highest BCUT2D eigenvalue weighted by Gasteiger charge is 2.15. The summed E-state index contributed by atoms with van der Waals surface area (Å²) in [5, 5.41) is 0. The molecule has 0 amide bonds. The van der Waals surface area contributed by atoms with Gasteiger partial charge in [-0.05, 0) is 6.04 Å². The van der Waals surface area contributed by atoms with Gasteiger partial charge in [0.25, 0.3) is 0 Å². The molecule has 64 valence electrons. The van der Waals surface area contributed by atoms with Crippen LogP contribution in [0.2, 0.25) is 38.8 Å². The van der Waals surface area contributed by atoms with Gasteiger partial charge < -0.3 is 0 Å². The van der Waals surface area contributed by atoms with E-state index in [1.807, 2.05) is 0 Å². The van der Waals surface area contributed by atoms with Crippen LogP contribution in [0.3, 0.4) is 0 Å². The smallest absolute Gasteiger partial charge is 0.131 e. The molecule has 0 fully saturated rings. The summed E-state index contributed by atoms with van der Waals surface area (Å²) in [6.07, 6.45) is 0. The standard InChI is InChI=1S/C9H20Si2/c1-7-11(5,6)9-8-10(2,3)4/h7H2,1-6H3. The molecule has 11 heavy (non-hydrogen) atoms. The molecule has 0 aliphatic heterocycles. The Labute approximate surface area is 73.4 Å². The second-order valence-electron chi connectivity index (χ2n) is 4.74. The summed E-state index contributed by atoms with van der Waals surface area (Å²) in [7, 11) is -2.22. The summed E-state index contributed by atoms with van der Waals surface area (Å²) >= 11 is 0. The molecule has 0 aromatic heterocycles. The summed E-state index contributed by atoms with van der Waals surface area (Å²) in [4.78, 5) is 0. The largest absolute Gasteiger partial charge is 0.139 e. The van der Waals surface area contributed by atoms with E-state index < -0.39 is 16.1 Å². The number of hydrogen-bond donors (Lipinski definition) is 0. The maximum absolute atomic E-state index is 3.50. The molecule has 0 aliphatic carbocycles. The Balaban J connectivity index is 4.29. The molecule has 0 unspecified atom stereocenters. The van der Waals surface area contributed by atoms with Crippen LogP contribution in [0, 0.1) is 11.1 Å². The molecule has 0 aromatic carbocycles. The molecule has 0 atom stereocenters. The second-order valence-corrected chi connectivity index (χ2v) is 14.2. The van der Waals surface area contributed by atoms with Gasteiger partial charge in [0, 0.05) is 0 Å². The van der Waals surface area contributed by atoms with Gasteiger partial charge in [0.1, 0.15) is 16.1 Å². The Kier molecular flexibility index (Phi) is 3.59. The third-order valence-electron chi connectivity index (χ3n) is 1.66. The average Bonchev–Trinajstić information content (AvgIpc) is 1.83. The van der Waals surface area contributed by atoms with Crippen LogP contribution in [0.1, 0.15) is 6.92 Å². The summed E-state index contributed by atoms with van der Waals surface area (Å²) in [6, 6.07) is 1.28. The highest BCUT2D eigenvalue weighted by Crippen LogP contribution is 2.07. The quantitative estimate of drug-likeness (QED) is 0.434. The summed E-state index contributed by atoms with van der Waals surface area (Å²) in [5.41, 5.74) is 6.96. The first-order valence-electron chi connectivity index (χ1n) is 4.31. The van der Waals surface area contributed by atoms with Crippen molar-refractivity contribution in [1.82, 2.24) is 0 Å². The summed E-state index contributed by atoms with van der Waals surface area (Å²) in [5.74, 6) is 0. The van der Waals surface area contributed by atoms with Gasteiger partial charge in [-0.15, -0.1) is 11.1 Å². The number of rotatable bonds is 1. The Hall–Kier alpha value is -0.00623. The van der Waals surface area contributed by atoms with Gasteiger partial charge in [0.2, 0.25) is 0 Å². The van der Waals surface area contributed by atoms with Gasteiger partial charge in [-0.2, -0.15) is 0 Å². The lowest BCUT2D eigenvalue weighted by molar-refractivity contribution is 1.39. The van der Waals surface area contributed by atoms with Crippen LogP contribution in [0.4, 0.5) is 0 Å². The number of hydrogen-bond acceptors (Lipinski definition) is 0. The van der Waals surface area contributed by atoms with E-state index in [1.54, 1.807) is 0 Å². The zero-order valence-electron chi connectivity index (χ0n) is 8.71. The van der Waals surface area contributed by atoms with E-state index >= 15 is 0 Å². The molecular weight excluding hydrogens is 164 g/mol. The van der Waals surface area contributed by atoms with Gasteiger partial charge in [0.05, 0.1) is 0 Å². The zero-order chi connectivity index (χ0) is 9.12. The fraction of sp³-hybridized carbons (Fsp3) is 0.778. The third-order valence-corrected chi connectivity index (χ3v) is 5.35. The second kappa shape index (κ2) is 3.60. The Morgan fingerprint density at radius 2 is 1.36 bits per heavy atom. The fourth-order valence-corrected chi connectivity index (χ4v) is 3.48. The molecule has 0 radical (unpaired) electrons. The highest BCUT2D eigenvalue weighted by atomic mass is 28.3. The van der Waals surface area contributed by atoms with E-state index in [1.165, 1.54) is 6.04 Å². The molecule has 0 saturated carbocycles. The van der Waals surface area contributed by atoms with Crippen molar-refractivity contribution in [3.05, 3.63) is 0 Å². The maximum Gasteiger partial charge on any atom is 0.131 e. The topological polar surface area (TPSA) is 0 Å². The predicted octanol–water partition coefficient (Wildman–Crippen LogP) is 3.13. The molecule has 2 heteroatoms. The van der Waals surface area contributed by atoms with Crippen molar-refractivity contribution in [1.29, 1.82) is 0 Å². The highest BCUT2D eigenvalue weighted by molar-refractivity contribution is 6.89. The maximum atomic E-state index is 3.50. The van der Waals surface area contributed by atoms with Crippen LogP contribution in [0.5, 0.6) is 0 Å². The van der Waals surface area contributed by atoms with Crippen molar-refractivity contribution >= 4 is 16.1 Å². The molecule has 0 spiro atoms. The normalized spacial score (nSPS) is 12.2. The molecule has 0 N–H and O–H groups in total. The minimum Gasteiger partial charge on any atom is -0.139 e. The Morgan fingerprint density at radius 1 is 0.909 bits per heavy atom. The van der Waals surface area contributed by atoms with Crippen molar-refractivity contribution in [2.45, 2.75) is 45.7 Å². The van der Waals surface area contributed by atoms with E-state index in [4.69, 9.17) is 0 Å². The van der Waals surface area contributed by atoms with Crippen molar-refractivity contribution in [3.63, 3.8) is 0 Å².